The molecule has 17 heavy (non-hydrogen) atoms. The fourth-order valence-corrected chi connectivity index (χ4v) is 1.56. The topological polar surface area (TPSA) is 94.4 Å². The van der Waals surface area contributed by atoms with Crippen molar-refractivity contribution in [2.24, 2.45) is 0 Å². The molecule has 1 aromatic heterocycles. The summed E-state index contributed by atoms with van der Waals surface area (Å²) in [6, 6.07) is 2.68. The third-order valence-electron chi connectivity index (χ3n) is 2.43. The summed E-state index contributed by atoms with van der Waals surface area (Å²) in [5, 5.41) is 13.0. The number of nitrogens with one attached hydrogen (secondary N) is 1. The molecule has 2 heterocycles. The normalized spacial score (nSPS) is 18.9. The molecule has 0 saturated carbocycles. The maximum atomic E-state index is 11.6. The standard InChI is InChI=1S/C10H11N3O4/c14-10(8-2-1-5-17-8)12-9-4-3-7(6-11-9)13(15)16/h3-4,6,8H,1-2,5H2,(H,11,12,14)/t8-/m1/s1. The van der Waals surface area contributed by atoms with Gasteiger partial charge in [0, 0.05) is 12.7 Å². The number of carbonyl (C=O) groups is 1. The third kappa shape index (κ3) is 2.76. The number of ether oxygens (including phenoxy) is 1. The number of nitrogens with zero attached hydrogens (tertiary/aromatic N) is 2. The SMILES string of the molecule is O=C(Nc1ccc([N+](=O)[O-])cn1)[C@H]1CCCO1. The van der Waals surface area contributed by atoms with Gasteiger partial charge < -0.3 is 10.1 Å². The van der Waals surface area contributed by atoms with E-state index in [1.165, 1.54) is 12.1 Å². The highest BCUT2D eigenvalue weighted by atomic mass is 16.6. The van der Waals surface area contributed by atoms with Crippen LogP contribution in [0.4, 0.5) is 11.5 Å². The van der Waals surface area contributed by atoms with Crippen molar-refractivity contribution in [2.45, 2.75) is 18.9 Å². The van der Waals surface area contributed by atoms with E-state index in [4.69, 9.17) is 4.74 Å². The Kier molecular flexibility index (Phi) is 3.29. The van der Waals surface area contributed by atoms with Gasteiger partial charge in [-0.2, -0.15) is 0 Å². The molecular formula is C10H11N3O4. The zero-order chi connectivity index (χ0) is 12.3. The van der Waals surface area contributed by atoms with Crippen LogP contribution < -0.4 is 5.32 Å². The number of anilines is 1. The first-order chi connectivity index (χ1) is 8.16. The van der Waals surface area contributed by atoms with E-state index in [1.54, 1.807) is 0 Å². The number of hydrogen-bond donors (Lipinski definition) is 1. The minimum Gasteiger partial charge on any atom is -0.368 e. The highest BCUT2D eigenvalue weighted by Crippen LogP contribution is 2.15. The lowest BCUT2D eigenvalue weighted by Crippen LogP contribution is -2.27. The molecule has 7 heteroatoms. The maximum absolute atomic E-state index is 11.6. The summed E-state index contributed by atoms with van der Waals surface area (Å²) in [4.78, 5) is 25.3. The second-order valence-corrected chi connectivity index (χ2v) is 3.65. The minimum absolute atomic E-state index is 0.111. The Labute approximate surface area is 96.9 Å². The number of hydrogen-bond acceptors (Lipinski definition) is 5. The predicted octanol–water partition coefficient (Wildman–Crippen LogP) is 1.11. The summed E-state index contributed by atoms with van der Waals surface area (Å²) < 4.78 is 5.20. The maximum Gasteiger partial charge on any atom is 0.287 e. The van der Waals surface area contributed by atoms with Crippen molar-refractivity contribution in [2.75, 3.05) is 11.9 Å². The van der Waals surface area contributed by atoms with Crippen LogP contribution in [-0.4, -0.2) is 28.5 Å². The molecule has 1 N–H and O–H groups in total. The molecule has 1 aliphatic heterocycles. The van der Waals surface area contributed by atoms with Gasteiger partial charge in [0.2, 0.25) is 0 Å². The molecule has 7 nitrogen and oxygen atoms in total. The summed E-state index contributed by atoms with van der Waals surface area (Å²) in [6.45, 7) is 0.589. The average Bonchev–Trinajstić information content (AvgIpc) is 2.83. The first-order valence-corrected chi connectivity index (χ1v) is 5.20. The largest absolute Gasteiger partial charge is 0.368 e. The number of pyridine rings is 1. The zero-order valence-corrected chi connectivity index (χ0v) is 8.96. The van der Waals surface area contributed by atoms with E-state index in [-0.39, 0.29) is 17.4 Å². The van der Waals surface area contributed by atoms with Gasteiger partial charge in [-0.3, -0.25) is 14.9 Å². The van der Waals surface area contributed by atoms with Gasteiger partial charge in [-0.15, -0.1) is 0 Å². The first-order valence-electron chi connectivity index (χ1n) is 5.20. The van der Waals surface area contributed by atoms with Gasteiger partial charge in [-0.1, -0.05) is 0 Å². The van der Waals surface area contributed by atoms with Crippen molar-refractivity contribution in [3.05, 3.63) is 28.4 Å². The molecule has 0 aromatic carbocycles. The van der Waals surface area contributed by atoms with E-state index >= 15 is 0 Å². The number of nitro groups is 1. The summed E-state index contributed by atoms with van der Waals surface area (Å²) in [7, 11) is 0. The molecule has 0 unspecified atom stereocenters. The van der Waals surface area contributed by atoms with Crippen LogP contribution >= 0.6 is 0 Å². The van der Waals surface area contributed by atoms with Crippen molar-refractivity contribution in [3.8, 4) is 0 Å². The van der Waals surface area contributed by atoms with Gasteiger partial charge in [-0.05, 0) is 18.9 Å². The van der Waals surface area contributed by atoms with Gasteiger partial charge in [-0.25, -0.2) is 4.98 Å². The van der Waals surface area contributed by atoms with Crippen LogP contribution in [-0.2, 0) is 9.53 Å². The van der Waals surface area contributed by atoms with E-state index < -0.39 is 11.0 Å². The van der Waals surface area contributed by atoms with Crippen LogP contribution in [0.25, 0.3) is 0 Å². The molecule has 1 fully saturated rings. The zero-order valence-electron chi connectivity index (χ0n) is 8.96. The summed E-state index contributed by atoms with van der Waals surface area (Å²) in [5.74, 6) is 0.0277. The molecule has 0 spiro atoms. The monoisotopic (exact) mass is 237 g/mol. The lowest BCUT2D eigenvalue weighted by atomic mass is 10.2. The quantitative estimate of drug-likeness (QED) is 0.627. The Balaban J connectivity index is 1.98. The molecular weight excluding hydrogens is 226 g/mol. The van der Waals surface area contributed by atoms with Gasteiger partial charge in [0.1, 0.15) is 18.1 Å². The Hall–Kier alpha value is -2.02. The molecule has 0 aliphatic carbocycles. The molecule has 1 aromatic rings. The Morgan fingerprint density at radius 3 is 2.94 bits per heavy atom. The number of rotatable bonds is 3. The van der Waals surface area contributed by atoms with Crippen molar-refractivity contribution < 1.29 is 14.5 Å². The number of amides is 1. The van der Waals surface area contributed by atoms with Gasteiger partial charge >= 0.3 is 0 Å². The lowest BCUT2D eigenvalue weighted by molar-refractivity contribution is -0.385. The summed E-state index contributed by atoms with van der Waals surface area (Å²) >= 11 is 0. The highest BCUT2D eigenvalue weighted by molar-refractivity contribution is 5.93. The van der Waals surface area contributed by atoms with Gasteiger partial charge in [0.25, 0.3) is 11.6 Å². The van der Waals surface area contributed by atoms with E-state index in [9.17, 15) is 14.9 Å². The molecule has 90 valence electrons. The van der Waals surface area contributed by atoms with Crippen molar-refractivity contribution in [3.63, 3.8) is 0 Å². The second kappa shape index (κ2) is 4.88. The molecule has 1 amide bonds. The molecule has 2 rings (SSSR count). The van der Waals surface area contributed by atoms with E-state index in [0.29, 0.717) is 13.0 Å². The molecule has 0 radical (unpaired) electrons. The molecule has 0 bridgehead atoms. The summed E-state index contributed by atoms with van der Waals surface area (Å²) in [5.41, 5.74) is -0.111. The van der Waals surface area contributed by atoms with Crippen molar-refractivity contribution in [1.82, 2.24) is 4.98 Å². The van der Waals surface area contributed by atoms with Crippen LogP contribution in [0.5, 0.6) is 0 Å². The minimum atomic E-state index is -0.543. The third-order valence-corrected chi connectivity index (χ3v) is 2.43. The van der Waals surface area contributed by atoms with E-state index in [0.717, 1.165) is 12.6 Å². The smallest absolute Gasteiger partial charge is 0.287 e. The highest BCUT2D eigenvalue weighted by Gasteiger charge is 2.23. The van der Waals surface area contributed by atoms with E-state index in [2.05, 4.69) is 10.3 Å². The number of aromatic nitrogens is 1. The molecule has 1 saturated heterocycles. The van der Waals surface area contributed by atoms with Crippen molar-refractivity contribution >= 4 is 17.4 Å². The van der Waals surface area contributed by atoms with Crippen LogP contribution in [0.1, 0.15) is 12.8 Å². The Morgan fingerprint density at radius 1 is 1.59 bits per heavy atom. The second-order valence-electron chi connectivity index (χ2n) is 3.65. The van der Waals surface area contributed by atoms with Crippen LogP contribution in [0, 0.1) is 10.1 Å². The fraction of sp³-hybridized carbons (Fsp3) is 0.400. The van der Waals surface area contributed by atoms with Gasteiger partial charge in [0.05, 0.1) is 4.92 Å². The average molecular weight is 237 g/mol. The van der Waals surface area contributed by atoms with Crippen LogP contribution in [0.3, 0.4) is 0 Å². The number of carbonyl (C=O) groups excluding carboxylic acids is 1. The predicted molar refractivity (Wildman–Crippen MR) is 58.5 cm³/mol. The first kappa shape index (κ1) is 11.5. The fourth-order valence-electron chi connectivity index (χ4n) is 1.56. The van der Waals surface area contributed by atoms with Crippen LogP contribution in [0.15, 0.2) is 18.3 Å². The van der Waals surface area contributed by atoms with Crippen LogP contribution in [0.2, 0.25) is 0 Å². The lowest BCUT2D eigenvalue weighted by Gasteiger charge is -2.09. The Bertz CT molecular complexity index is 426. The molecule has 1 atom stereocenters. The van der Waals surface area contributed by atoms with E-state index in [1.807, 2.05) is 0 Å². The molecule has 1 aliphatic rings. The summed E-state index contributed by atoms with van der Waals surface area (Å²) in [6.07, 6.45) is 2.22. The van der Waals surface area contributed by atoms with Crippen molar-refractivity contribution in [1.29, 1.82) is 0 Å². The van der Waals surface area contributed by atoms with Gasteiger partial charge in [0.15, 0.2) is 0 Å². The Morgan fingerprint density at radius 2 is 2.41 bits per heavy atom.